The zero-order valence-electron chi connectivity index (χ0n) is 8.46. The average Bonchev–Trinajstić information content (AvgIpc) is 2.11. The second-order valence-corrected chi connectivity index (χ2v) is 3.39. The summed E-state index contributed by atoms with van der Waals surface area (Å²) in [4.78, 5) is 0. The maximum Gasteiger partial charge on any atom is 0.417 e. The van der Waals surface area contributed by atoms with E-state index in [1.54, 1.807) is 0 Å². The van der Waals surface area contributed by atoms with Gasteiger partial charge in [0.15, 0.2) is 5.75 Å². The summed E-state index contributed by atoms with van der Waals surface area (Å²) in [7, 11) is 0. The van der Waals surface area contributed by atoms with E-state index < -0.39 is 53.1 Å². The van der Waals surface area contributed by atoms with Crippen molar-refractivity contribution in [3.63, 3.8) is 0 Å². The molecule has 1 radical (unpaired) electrons. The van der Waals surface area contributed by atoms with Gasteiger partial charge >= 0.3 is 18.5 Å². The number of hydrogen-bond acceptors (Lipinski definition) is 0. The molecule has 0 amide bonds. The summed E-state index contributed by atoms with van der Waals surface area (Å²) in [6, 6.07) is -1.03. The van der Waals surface area contributed by atoms with Crippen molar-refractivity contribution < 1.29 is 44.6 Å². The first kappa shape index (κ1) is 15.4. The van der Waals surface area contributed by atoms with E-state index >= 15 is 0 Å². The van der Waals surface area contributed by atoms with Crippen molar-refractivity contribution in [2.45, 2.75) is 18.5 Å². The fraction of sp³-hybridized carbons (Fsp3) is 0.333. The molecule has 0 saturated carbocycles. The molecule has 0 aliphatic carbocycles. The van der Waals surface area contributed by atoms with Crippen LogP contribution in [0.3, 0.4) is 0 Å². The van der Waals surface area contributed by atoms with Crippen molar-refractivity contribution in [3.05, 3.63) is 28.8 Å². The first-order chi connectivity index (χ1) is 8.24. The normalized spacial score (nSPS) is 13.7. The van der Waals surface area contributed by atoms with Crippen molar-refractivity contribution in [3.8, 4) is 5.75 Å². The summed E-state index contributed by atoms with van der Waals surface area (Å²) in [6.45, 7) is 0. The molecule has 107 valence electrons. The Morgan fingerprint density at radius 2 is 0.947 bits per heavy atom. The lowest BCUT2D eigenvalue weighted by Gasteiger charge is -2.20. The van der Waals surface area contributed by atoms with E-state index in [0.717, 1.165) is 0 Å². The molecule has 0 unspecified atom stereocenters. The number of hydrogen-bond donors (Lipinski definition) is 0. The summed E-state index contributed by atoms with van der Waals surface area (Å²) in [6.07, 6.45) is -17.4. The third-order valence-corrected chi connectivity index (χ3v) is 2.01. The van der Waals surface area contributed by atoms with Gasteiger partial charge in [0.1, 0.15) is 0 Å². The molecule has 0 aliphatic rings. The van der Waals surface area contributed by atoms with Gasteiger partial charge in [0.05, 0.1) is 16.7 Å². The standard InChI is InChI=1S/C9H2F9O/c10-7(11,12)4-1-3(19)2-5(8(13,14)15)6(4)9(16,17)18/h1-2H. The van der Waals surface area contributed by atoms with E-state index in [-0.39, 0.29) is 0 Å². The zero-order valence-corrected chi connectivity index (χ0v) is 8.46. The maximum atomic E-state index is 12.4. The molecule has 0 atom stereocenters. The topological polar surface area (TPSA) is 19.9 Å². The first-order valence-corrected chi connectivity index (χ1v) is 4.31. The van der Waals surface area contributed by atoms with Crippen LogP contribution in [0.1, 0.15) is 16.7 Å². The van der Waals surface area contributed by atoms with Gasteiger partial charge in [-0.3, -0.25) is 5.11 Å². The quantitative estimate of drug-likeness (QED) is 0.608. The third kappa shape index (κ3) is 3.24. The molecule has 10 heteroatoms. The van der Waals surface area contributed by atoms with Crippen LogP contribution in [-0.2, 0) is 23.6 Å². The molecular formula is C9H2F9O. The highest BCUT2D eigenvalue weighted by Gasteiger charge is 2.50. The van der Waals surface area contributed by atoms with Gasteiger partial charge < -0.3 is 0 Å². The number of halogens is 9. The number of benzene rings is 1. The Labute approximate surface area is 98.8 Å². The smallest absolute Gasteiger partial charge is 0.290 e. The summed E-state index contributed by atoms with van der Waals surface area (Å²) in [5, 5.41) is 10.7. The van der Waals surface area contributed by atoms with E-state index in [4.69, 9.17) is 0 Å². The van der Waals surface area contributed by atoms with Gasteiger partial charge in [0.25, 0.3) is 0 Å². The van der Waals surface area contributed by atoms with Crippen LogP contribution >= 0.6 is 0 Å². The van der Waals surface area contributed by atoms with Crippen molar-refractivity contribution >= 4 is 0 Å². The second kappa shape index (κ2) is 4.20. The Bertz CT molecular complexity index is 445. The summed E-state index contributed by atoms with van der Waals surface area (Å²) < 4.78 is 111. The van der Waals surface area contributed by atoms with Crippen LogP contribution in [-0.4, -0.2) is 0 Å². The highest BCUT2D eigenvalue weighted by atomic mass is 19.4. The molecule has 1 aromatic rings. The fourth-order valence-electron chi connectivity index (χ4n) is 1.37. The predicted molar refractivity (Wildman–Crippen MR) is 41.6 cm³/mol. The molecule has 1 rings (SSSR count). The van der Waals surface area contributed by atoms with Gasteiger partial charge in [-0.05, 0) is 12.1 Å². The predicted octanol–water partition coefficient (Wildman–Crippen LogP) is 4.89. The maximum absolute atomic E-state index is 12.4. The summed E-state index contributed by atoms with van der Waals surface area (Å²) >= 11 is 0. The molecular weight excluding hydrogens is 295 g/mol. The van der Waals surface area contributed by atoms with Gasteiger partial charge in [-0.1, -0.05) is 0 Å². The van der Waals surface area contributed by atoms with E-state index in [0.29, 0.717) is 0 Å². The van der Waals surface area contributed by atoms with Gasteiger partial charge in [-0.2, -0.15) is 39.5 Å². The molecule has 0 spiro atoms. The zero-order chi connectivity index (χ0) is 15.2. The molecule has 0 aliphatic heterocycles. The third-order valence-electron chi connectivity index (χ3n) is 2.01. The Kier molecular flexibility index (Phi) is 3.42. The van der Waals surface area contributed by atoms with Crippen LogP contribution in [0.2, 0.25) is 0 Å². The lowest BCUT2D eigenvalue weighted by Crippen LogP contribution is -2.22. The van der Waals surface area contributed by atoms with Crippen molar-refractivity contribution in [1.82, 2.24) is 0 Å². The lowest BCUT2D eigenvalue weighted by atomic mass is 9.99. The Morgan fingerprint density at radius 3 is 1.16 bits per heavy atom. The lowest BCUT2D eigenvalue weighted by molar-refractivity contribution is -0.174. The van der Waals surface area contributed by atoms with E-state index in [1.807, 2.05) is 0 Å². The van der Waals surface area contributed by atoms with Gasteiger partial charge in [0.2, 0.25) is 0 Å². The monoisotopic (exact) mass is 297 g/mol. The van der Waals surface area contributed by atoms with Crippen LogP contribution in [0.15, 0.2) is 12.1 Å². The Morgan fingerprint density at radius 1 is 0.632 bits per heavy atom. The van der Waals surface area contributed by atoms with Crippen LogP contribution < -0.4 is 0 Å². The molecule has 19 heavy (non-hydrogen) atoms. The summed E-state index contributed by atoms with van der Waals surface area (Å²) in [5.74, 6) is -1.81. The first-order valence-electron chi connectivity index (χ1n) is 4.31. The Hall–Kier alpha value is -1.61. The molecule has 1 nitrogen and oxygen atoms in total. The van der Waals surface area contributed by atoms with Crippen LogP contribution in [0.5, 0.6) is 5.75 Å². The minimum atomic E-state index is -5.90. The molecule has 0 bridgehead atoms. The highest BCUT2D eigenvalue weighted by Crippen LogP contribution is 2.48. The van der Waals surface area contributed by atoms with E-state index in [9.17, 15) is 44.6 Å². The molecule has 1 aromatic carbocycles. The van der Waals surface area contributed by atoms with E-state index in [1.165, 1.54) is 0 Å². The minimum absolute atomic E-state index is 0.516. The molecule has 0 aromatic heterocycles. The Balaban J connectivity index is 3.80. The van der Waals surface area contributed by atoms with Gasteiger partial charge in [0, 0.05) is 0 Å². The van der Waals surface area contributed by atoms with Crippen LogP contribution in [0.25, 0.3) is 0 Å². The van der Waals surface area contributed by atoms with Crippen LogP contribution in [0.4, 0.5) is 39.5 Å². The van der Waals surface area contributed by atoms with Gasteiger partial charge in [-0.15, -0.1) is 0 Å². The van der Waals surface area contributed by atoms with Crippen molar-refractivity contribution in [1.29, 1.82) is 0 Å². The van der Waals surface area contributed by atoms with Crippen molar-refractivity contribution in [2.24, 2.45) is 0 Å². The molecule has 0 fully saturated rings. The molecule has 0 heterocycles. The highest BCUT2D eigenvalue weighted by molar-refractivity contribution is 5.46. The second-order valence-electron chi connectivity index (χ2n) is 3.39. The summed E-state index contributed by atoms with van der Waals surface area (Å²) in [5.41, 5.74) is -8.22. The number of rotatable bonds is 0. The van der Waals surface area contributed by atoms with Crippen molar-refractivity contribution in [2.75, 3.05) is 0 Å². The molecule has 0 N–H and O–H groups in total. The average molecular weight is 297 g/mol. The fourth-order valence-corrected chi connectivity index (χ4v) is 1.37. The van der Waals surface area contributed by atoms with Crippen LogP contribution in [0, 0.1) is 0 Å². The van der Waals surface area contributed by atoms with E-state index in [2.05, 4.69) is 0 Å². The SMILES string of the molecule is [O]c1cc(C(F)(F)F)c(C(F)(F)F)c(C(F)(F)F)c1. The largest absolute Gasteiger partial charge is 0.417 e. The van der Waals surface area contributed by atoms with Gasteiger partial charge in [-0.25, -0.2) is 0 Å². The molecule has 0 saturated heterocycles. The number of alkyl halides is 9. The minimum Gasteiger partial charge on any atom is -0.290 e.